The average Bonchev–Trinajstić information content (AvgIpc) is 3.24. The molecular weight excluding hydrogens is 420 g/mol. The third-order valence-electron chi connectivity index (χ3n) is 7.37. The predicted molar refractivity (Wildman–Crippen MR) is 127 cm³/mol. The summed E-state index contributed by atoms with van der Waals surface area (Å²) in [5.74, 6) is 1.48. The highest BCUT2D eigenvalue weighted by Gasteiger charge is 2.53. The van der Waals surface area contributed by atoms with E-state index in [1.165, 1.54) is 6.42 Å². The molecule has 174 valence electrons. The molecule has 5 aliphatic rings. The van der Waals surface area contributed by atoms with E-state index in [4.69, 9.17) is 4.99 Å². The number of piperazine rings is 2. The number of carbonyl (C=O) groups excluding carboxylic acids is 1. The molecule has 1 atom stereocenters. The van der Waals surface area contributed by atoms with Crippen LogP contribution in [0.25, 0.3) is 0 Å². The summed E-state index contributed by atoms with van der Waals surface area (Å²) in [5, 5.41) is 12.5. The fourth-order valence-corrected chi connectivity index (χ4v) is 5.45. The van der Waals surface area contributed by atoms with Gasteiger partial charge in [-0.05, 0) is 32.0 Å². The average molecular weight is 451 g/mol. The van der Waals surface area contributed by atoms with Crippen molar-refractivity contribution in [1.29, 1.82) is 0 Å². The van der Waals surface area contributed by atoms with Gasteiger partial charge in [0.15, 0.2) is 0 Å². The molecular formula is C22H30N10O. The van der Waals surface area contributed by atoms with Gasteiger partial charge in [0.2, 0.25) is 18.1 Å². The van der Waals surface area contributed by atoms with E-state index in [9.17, 15) is 4.79 Å². The van der Waals surface area contributed by atoms with Crippen LogP contribution in [0.2, 0.25) is 0 Å². The number of hydrogen-bond acceptors (Lipinski definition) is 10. The summed E-state index contributed by atoms with van der Waals surface area (Å²) in [5.41, 5.74) is 0.994. The predicted octanol–water partition coefficient (Wildman–Crippen LogP) is 0.691. The molecule has 0 bridgehead atoms. The highest BCUT2D eigenvalue weighted by molar-refractivity contribution is 6.39. The zero-order valence-corrected chi connectivity index (χ0v) is 18.9. The van der Waals surface area contributed by atoms with Crippen molar-refractivity contribution < 1.29 is 4.79 Å². The number of rotatable bonds is 2. The maximum atomic E-state index is 12.6. The van der Waals surface area contributed by atoms with Gasteiger partial charge in [-0.2, -0.15) is 0 Å². The van der Waals surface area contributed by atoms with Crippen molar-refractivity contribution in [3.8, 4) is 0 Å². The number of nitrogens with one attached hydrogen (secondary N) is 2. The molecule has 11 nitrogen and oxygen atoms in total. The number of aliphatic imine (C=N–C) groups is 2. The number of amidine groups is 1. The van der Waals surface area contributed by atoms with Crippen LogP contribution in [0.5, 0.6) is 0 Å². The Labute approximate surface area is 193 Å². The number of guanidine groups is 1. The second-order valence-corrected chi connectivity index (χ2v) is 9.50. The van der Waals surface area contributed by atoms with E-state index >= 15 is 0 Å². The zero-order chi connectivity index (χ0) is 22.4. The molecule has 5 heterocycles. The van der Waals surface area contributed by atoms with Crippen molar-refractivity contribution in [3.63, 3.8) is 0 Å². The first kappa shape index (κ1) is 20.4. The number of amides is 1. The quantitative estimate of drug-likeness (QED) is 0.683. The van der Waals surface area contributed by atoms with E-state index in [1.807, 2.05) is 12.3 Å². The molecule has 4 aliphatic heterocycles. The summed E-state index contributed by atoms with van der Waals surface area (Å²) >= 11 is 0. The first-order chi connectivity index (χ1) is 16.1. The van der Waals surface area contributed by atoms with Crippen LogP contribution in [0, 0.1) is 0 Å². The zero-order valence-electron chi connectivity index (χ0n) is 18.9. The highest BCUT2D eigenvalue weighted by atomic mass is 16.2. The Morgan fingerprint density at radius 3 is 2.70 bits per heavy atom. The summed E-state index contributed by atoms with van der Waals surface area (Å²) in [4.78, 5) is 33.2. The third-order valence-corrected chi connectivity index (χ3v) is 7.37. The second-order valence-electron chi connectivity index (χ2n) is 9.50. The summed E-state index contributed by atoms with van der Waals surface area (Å²) in [6.45, 7) is 4.77. The second kappa shape index (κ2) is 7.98. The molecule has 1 amide bonds. The Bertz CT molecular complexity index is 1000. The summed E-state index contributed by atoms with van der Waals surface area (Å²) < 4.78 is 0. The molecule has 33 heavy (non-hydrogen) atoms. The van der Waals surface area contributed by atoms with Crippen LogP contribution in [0.4, 0.5) is 11.5 Å². The van der Waals surface area contributed by atoms with Crippen molar-refractivity contribution in [2.45, 2.75) is 43.9 Å². The molecule has 2 N–H and O–H groups in total. The van der Waals surface area contributed by atoms with E-state index in [0.29, 0.717) is 24.2 Å². The minimum Gasteiger partial charge on any atom is -0.368 e. The molecule has 3 fully saturated rings. The first-order valence-electron chi connectivity index (χ1n) is 11.8. The van der Waals surface area contributed by atoms with Crippen molar-refractivity contribution >= 4 is 35.5 Å². The number of hydrogen-bond donors (Lipinski definition) is 2. The maximum absolute atomic E-state index is 12.6. The number of anilines is 2. The van der Waals surface area contributed by atoms with E-state index < -0.39 is 6.29 Å². The van der Waals surface area contributed by atoms with E-state index in [2.05, 4.69) is 53.5 Å². The lowest BCUT2D eigenvalue weighted by atomic mass is 9.79. The van der Waals surface area contributed by atoms with Crippen LogP contribution in [0.1, 0.15) is 32.1 Å². The van der Waals surface area contributed by atoms with E-state index in [0.717, 1.165) is 57.5 Å². The van der Waals surface area contributed by atoms with Gasteiger partial charge >= 0.3 is 0 Å². The SMILES string of the molecule is CN1CCN(c2ccc(NC3=NC4N(C=N3)N=C3C(=O)NCC5(CCCCC5)N34)nc2)CC1. The largest absolute Gasteiger partial charge is 0.368 e. The summed E-state index contributed by atoms with van der Waals surface area (Å²) in [6, 6.07) is 4.05. The number of nitrogens with zero attached hydrogens (tertiary/aromatic N) is 8. The Balaban J connectivity index is 1.20. The van der Waals surface area contributed by atoms with Gasteiger partial charge in [-0.3, -0.25) is 4.79 Å². The lowest BCUT2D eigenvalue weighted by Gasteiger charge is -2.50. The molecule has 6 rings (SSSR count). The third kappa shape index (κ3) is 3.60. The normalized spacial score (nSPS) is 26.5. The maximum Gasteiger partial charge on any atom is 0.288 e. The minimum absolute atomic E-state index is 0.132. The van der Waals surface area contributed by atoms with Gasteiger partial charge in [0.1, 0.15) is 12.2 Å². The van der Waals surface area contributed by atoms with Crippen molar-refractivity contribution in [1.82, 2.24) is 25.1 Å². The van der Waals surface area contributed by atoms with Crippen molar-refractivity contribution in [3.05, 3.63) is 18.3 Å². The number of aromatic nitrogens is 1. The van der Waals surface area contributed by atoms with Crippen molar-refractivity contribution in [2.75, 3.05) is 50.0 Å². The van der Waals surface area contributed by atoms with Gasteiger partial charge < -0.3 is 25.3 Å². The van der Waals surface area contributed by atoms with Gasteiger partial charge in [0, 0.05) is 32.7 Å². The lowest BCUT2D eigenvalue weighted by Crippen LogP contribution is -2.68. The van der Waals surface area contributed by atoms with Crippen LogP contribution in [0.3, 0.4) is 0 Å². The van der Waals surface area contributed by atoms with Gasteiger partial charge in [0.25, 0.3) is 5.91 Å². The van der Waals surface area contributed by atoms with Crippen LogP contribution in [-0.2, 0) is 4.79 Å². The molecule has 1 aromatic heterocycles. The Kier molecular flexibility index (Phi) is 4.93. The minimum atomic E-state index is -0.395. The molecule has 1 saturated carbocycles. The lowest BCUT2D eigenvalue weighted by molar-refractivity contribution is -0.119. The summed E-state index contributed by atoms with van der Waals surface area (Å²) in [6.07, 6.45) is 8.75. The number of fused-ring (bicyclic) bond motifs is 4. The molecule has 1 unspecified atom stereocenters. The molecule has 11 heteroatoms. The Morgan fingerprint density at radius 1 is 1.12 bits per heavy atom. The van der Waals surface area contributed by atoms with Gasteiger partial charge in [-0.25, -0.2) is 20.0 Å². The highest BCUT2D eigenvalue weighted by Crippen LogP contribution is 2.40. The molecule has 1 aliphatic carbocycles. The molecule has 0 radical (unpaired) electrons. The van der Waals surface area contributed by atoms with Gasteiger partial charge in [0.05, 0.1) is 17.4 Å². The van der Waals surface area contributed by atoms with Crippen LogP contribution in [0.15, 0.2) is 33.4 Å². The van der Waals surface area contributed by atoms with E-state index in [1.54, 1.807) is 11.3 Å². The fourth-order valence-electron chi connectivity index (χ4n) is 5.45. The van der Waals surface area contributed by atoms with E-state index in [-0.39, 0.29) is 11.4 Å². The monoisotopic (exact) mass is 450 g/mol. The Hall–Kier alpha value is -3.21. The van der Waals surface area contributed by atoms with Crippen LogP contribution < -0.4 is 15.5 Å². The Morgan fingerprint density at radius 2 is 1.94 bits per heavy atom. The molecule has 0 aromatic carbocycles. The standard InChI is InChI=1S/C22H30N10O/c1-29-9-11-30(12-10-29)16-5-6-17(23-13-16)26-20-25-15-31-21(27-20)32-18(28-31)19(33)24-14-22(32)7-3-2-4-8-22/h5-6,13,15,21H,2-4,7-12,14H2,1H3,(H,24,33)(H,23,26,27). The number of carbonyl (C=O) groups is 1. The van der Waals surface area contributed by atoms with Crippen LogP contribution in [-0.4, -0.2) is 95.4 Å². The first-order valence-corrected chi connectivity index (χ1v) is 11.8. The number of hydrazone groups is 1. The smallest absolute Gasteiger partial charge is 0.288 e. The number of pyridine rings is 1. The van der Waals surface area contributed by atoms with Crippen molar-refractivity contribution in [2.24, 2.45) is 15.1 Å². The number of likely N-dealkylation sites (N-methyl/N-ethyl adjacent to an activating group) is 1. The molecule has 1 spiro atoms. The van der Waals surface area contributed by atoms with Crippen LogP contribution >= 0.6 is 0 Å². The molecule has 2 saturated heterocycles. The summed E-state index contributed by atoms with van der Waals surface area (Å²) in [7, 11) is 2.15. The van der Waals surface area contributed by atoms with Gasteiger partial charge in [-0.1, -0.05) is 19.3 Å². The molecule has 1 aromatic rings. The topological polar surface area (TPSA) is 104 Å². The fraction of sp³-hybridized carbons (Fsp3) is 0.591. The van der Waals surface area contributed by atoms with Gasteiger partial charge in [-0.15, -0.1) is 5.10 Å².